The summed E-state index contributed by atoms with van der Waals surface area (Å²) in [5.74, 6) is -6.43. The lowest BCUT2D eigenvalue weighted by molar-refractivity contribution is -0.136. The van der Waals surface area contributed by atoms with Gasteiger partial charge in [-0.3, -0.25) is 39.6 Å². The first-order chi connectivity index (χ1) is 30.0. The van der Waals surface area contributed by atoms with Crippen molar-refractivity contribution in [1.82, 2.24) is 30.7 Å². The highest BCUT2D eigenvalue weighted by atomic mass is 127. The predicted octanol–water partition coefficient (Wildman–Crippen LogP) is -3.40. The van der Waals surface area contributed by atoms with Crippen LogP contribution in [-0.2, 0) is 9.59 Å². The van der Waals surface area contributed by atoms with Crippen LogP contribution in [0.4, 0.5) is 0 Å². The molecule has 23 nitrogen and oxygen atoms in total. The fraction of sp³-hybridized carbons (Fsp3) is 0.486. The van der Waals surface area contributed by atoms with Gasteiger partial charge in [0.25, 0.3) is 35.4 Å². The molecule has 358 valence electrons. The molecule has 29 heteroatoms. The van der Waals surface area contributed by atoms with Crippen molar-refractivity contribution in [1.29, 1.82) is 0 Å². The lowest BCUT2D eigenvalue weighted by atomic mass is 10.1. The summed E-state index contributed by atoms with van der Waals surface area (Å²) < 4.78 is 0.994. The van der Waals surface area contributed by atoms with Crippen molar-refractivity contribution in [3.8, 4) is 0 Å². The number of nitrogens with zero attached hydrogens (tertiary/aromatic N) is 4. The molecule has 0 bridgehead atoms. The molecular formula is C35H44I6N6O17. The Hall–Kier alpha value is -0.800. The number of carbonyl (C=O) groups excluding carboxylic acids is 6. The Morgan fingerprint density at radius 1 is 0.453 bits per heavy atom. The molecule has 0 aliphatic carbocycles. The average molecular weight is 1580 g/mol. The topological polar surface area (TPSA) is 362 Å². The van der Waals surface area contributed by atoms with Gasteiger partial charge in [0, 0.05) is 47.6 Å². The lowest BCUT2D eigenvalue weighted by Crippen LogP contribution is -2.57. The van der Waals surface area contributed by atoms with Crippen LogP contribution in [0.3, 0.4) is 0 Å². The lowest BCUT2D eigenvalue weighted by Gasteiger charge is -2.31. The molecule has 4 unspecified atom stereocenters. The molecule has 0 aliphatic heterocycles. The van der Waals surface area contributed by atoms with Gasteiger partial charge in [-0.2, -0.15) is 0 Å². The molecule has 13 N–H and O–H groups in total. The molecule has 0 heterocycles. The number of aliphatic hydroxyl groups excluding tert-OH is 11. The Bertz CT molecular complexity index is 1870. The van der Waals surface area contributed by atoms with E-state index in [0.717, 1.165) is 9.80 Å². The highest BCUT2D eigenvalue weighted by molar-refractivity contribution is 14.1. The number of nitrogens with one attached hydrogen (secondary N) is 2. The van der Waals surface area contributed by atoms with Crippen molar-refractivity contribution in [3.63, 3.8) is 0 Å². The minimum absolute atomic E-state index is 0.0135. The Kier molecular flexibility index (Phi) is 26.5. The zero-order chi connectivity index (χ0) is 48.7. The van der Waals surface area contributed by atoms with Crippen LogP contribution in [0.5, 0.6) is 0 Å². The maximum Gasteiger partial charge on any atom is 0.274 e. The molecule has 64 heavy (non-hydrogen) atoms. The van der Waals surface area contributed by atoms with E-state index in [1.807, 2.05) is 45.2 Å². The minimum atomic E-state index is -2.09. The van der Waals surface area contributed by atoms with Crippen molar-refractivity contribution in [3.05, 3.63) is 55.8 Å². The van der Waals surface area contributed by atoms with Gasteiger partial charge in [-0.25, -0.2) is 10.0 Å². The van der Waals surface area contributed by atoms with E-state index in [2.05, 4.69) is 10.9 Å². The quantitative estimate of drug-likeness (QED) is 0.0404. The smallest absolute Gasteiger partial charge is 0.274 e. The molecule has 0 aliphatic rings. The number of benzene rings is 2. The summed E-state index contributed by atoms with van der Waals surface area (Å²) in [5.41, 5.74) is 3.53. The van der Waals surface area contributed by atoms with Gasteiger partial charge in [-0.1, -0.05) is 0 Å². The van der Waals surface area contributed by atoms with Crippen LogP contribution in [0.25, 0.3) is 0 Å². The number of aliphatic hydroxyl groups is 11. The van der Waals surface area contributed by atoms with Gasteiger partial charge in [-0.15, -0.1) is 0 Å². The first-order valence-electron chi connectivity index (χ1n) is 18.3. The molecule has 2 aromatic carbocycles. The number of hydrogen-bond donors (Lipinski definition) is 13. The van der Waals surface area contributed by atoms with Gasteiger partial charge in [0.15, 0.2) is 12.2 Å². The molecule has 0 radical (unpaired) electrons. The van der Waals surface area contributed by atoms with Crippen LogP contribution in [0.2, 0.25) is 0 Å². The van der Waals surface area contributed by atoms with E-state index in [0.29, 0.717) is 17.2 Å². The normalized spacial score (nSPS) is 13.6. The maximum absolute atomic E-state index is 14.4. The van der Waals surface area contributed by atoms with Crippen LogP contribution in [0, 0.1) is 21.4 Å². The van der Waals surface area contributed by atoms with Gasteiger partial charge in [0.05, 0.1) is 93.3 Å². The molecule has 2 aromatic rings. The second kappa shape index (κ2) is 28.6. The molecule has 0 fully saturated rings. The Labute approximate surface area is 446 Å². The summed E-state index contributed by atoms with van der Waals surface area (Å²) in [5, 5.41) is 110. The summed E-state index contributed by atoms with van der Waals surface area (Å²) in [7, 11) is 0. The zero-order valence-electron chi connectivity index (χ0n) is 33.0. The van der Waals surface area contributed by atoms with Crippen LogP contribution in [0.1, 0.15) is 41.4 Å². The van der Waals surface area contributed by atoms with Gasteiger partial charge >= 0.3 is 0 Å². The third-order valence-electron chi connectivity index (χ3n) is 8.51. The molecule has 6 amide bonds. The first kappa shape index (κ1) is 59.3. The Morgan fingerprint density at radius 2 is 0.750 bits per heavy atom. The van der Waals surface area contributed by atoms with E-state index in [-0.39, 0.29) is 49.6 Å². The van der Waals surface area contributed by atoms with E-state index in [4.69, 9.17) is 0 Å². The van der Waals surface area contributed by atoms with Gasteiger partial charge in [0.1, 0.15) is 0 Å². The van der Waals surface area contributed by atoms with Crippen molar-refractivity contribution in [2.45, 2.75) is 30.5 Å². The molecule has 0 saturated carbocycles. The summed E-state index contributed by atoms with van der Waals surface area (Å²) in [4.78, 5) is 84.5. The summed E-state index contributed by atoms with van der Waals surface area (Å²) >= 11 is 10.6. The second-order valence-corrected chi connectivity index (χ2v) is 20.1. The van der Waals surface area contributed by atoms with E-state index >= 15 is 0 Å². The third kappa shape index (κ3) is 16.1. The van der Waals surface area contributed by atoms with E-state index in [9.17, 15) is 84.9 Å². The predicted molar refractivity (Wildman–Crippen MR) is 272 cm³/mol. The standard InChI is InChI=1S/C35H44I6N6O17/c36-18-5-20(38)26(28(40)24(18)32(61)44(1-3-48)7-16(55)11-50)34(63)46(42-30(59)22(57)13-52)9-15(54)10-47(43-31(60)23(58)14-53)35(64)27-21(39)6-19(37)25(29(27)41)33(62)45(2-4-49)8-17(56)12-51/h5-6,15-17,22-23,48-58H,1-4,7-14H2,(H,42,59)(H,43,60). The molecular weight excluding hydrogens is 1540 g/mol. The van der Waals surface area contributed by atoms with Crippen LogP contribution in [-0.4, -0.2) is 221 Å². The van der Waals surface area contributed by atoms with Crippen molar-refractivity contribution in [2.75, 3.05) is 78.9 Å². The number of rotatable bonds is 22. The average Bonchev–Trinajstić information content (AvgIpc) is 3.23. The number of halogens is 6. The monoisotopic (exact) mass is 1580 g/mol. The molecule has 0 saturated heterocycles. The second-order valence-electron chi connectivity index (χ2n) is 13.3. The first-order valence-corrected chi connectivity index (χ1v) is 24.8. The van der Waals surface area contributed by atoms with Crippen LogP contribution in [0.15, 0.2) is 12.1 Å². The summed E-state index contributed by atoms with van der Waals surface area (Å²) in [6, 6.07) is 2.84. The number of hydrazine groups is 2. The van der Waals surface area contributed by atoms with Gasteiger partial charge in [-0.05, 0) is 148 Å². The van der Waals surface area contributed by atoms with E-state index in [1.54, 1.807) is 90.4 Å². The highest BCUT2D eigenvalue weighted by Crippen LogP contribution is 2.32. The summed E-state index contributed by atoms with van der Waals surface area (Å²) in [6.07, 6.45) is -8.91. The van der Waals surface area contributed by atoms with E-state index in [1.165, 1.54) is 12.1 Å². The van der Waals surface area contributed by atoms with Crippen molar-refractivity contribution < 1.29 is 84.9 Å². The highest BCUT2D eigenvalue weighted by Gasteiger charge is 2.35. The van der Waals surface area contributed by atoms with E-state index < -0.39 is 132 Å². The van der Waals surface area contributed by atoms with Gasteiger partial charge < -0.3 is 66.0 Å². The molecule has 4 atom stereocenters. The third-order valence-corrected chi connectivity index (χ3v) is 14.1. The molecule has 2 rings (SSSR count). The molecule has 0 aromatic heterocycles. The largest absolute Gasteiger partial charge is 0.395 e. The van der Waals surface area contributed by atoms with Crippen LogP contribution < -0.4 is 10.9 Å². The zero-order valence-corrected chi connectivity index (χ0v) is 45.9. The fourth-order valence-corrected chi connectivity index (χ4v) is 14.0. The van der Waals surface area contributed by atoms with Crippen LogP contribution >= 0.6 is 136 Å². The van der Waals surface area contributed by atoms with Crippen molar-refractivity contribution >= 4 is 171 Å². The Morgan fingerprint density at radius 3 is 1.02 bits per heavy atom. The van der Waals surface area contributed by atoms with Crippen molar-refractivity contribution in [2.24, 2.45) is 0 Å². The summed E-state index contributed by atoms with van der Waals surface area (Å²) in [6.45, 7) is -7.94. The number of amides is 6. The van der Waals surface area contributed by atoms with Gasteiger partial charge in [0.2, 0.25) is 0 Å². The minimum Gasteiger partial charge on any atom is -0.395 e. The fourth-order valence-electron chi connectivity index (χ4n) is 5.39. The number of hydrogen-bond acceptors (Lipinski definition) is 17. The maximum atomic E-state index is 14.4. The Balaban J connectivity index is 2.75. The molecule has 0 spiro atoms. The number of carbonyl (C=O) groups is 6. The SMILES string of the molecule is O=C(NN(CC(O)CN(NC(=O)C(O)CO)C(=O)c1c(I)cc(I)c(C(=O)N(CCO)CC(O)CO)c1I)C(=O)c1c(I)cc(I)c(C(=O)N(CCO)CC(O)CO)c1I)C(O)CO.